The number of aryl methyl sites for hydroxylation is 1. The van der Waals surface area contributed by atoms with Crippen molar-refractivity contribution in [2.24, 2.45) is 0 Å². The molecule has 0 aromatic heterocycles. The van der Waals surface area contributed by atoms with E-state index < -0.39 is 5.60 Å². The largest absolute Gasteiger partial charge is 0.389 e. The summed E-state index contributed by atoms with van der Waals surface area (Å²) in [5.41, 5.74) is 1.41. The highest BCUT2D eigenvalue weighted by molar-refractivity contribution is 5.85. The summed E-state index contributed by atoms with van der Waals surface area (Å²) in [7, 11) is 4.13. The molecule has 0 saturated heterocycles. The Balaban J connectivity index is 0.00000176. The van der Waals surface area contributed by atoms with Gasteiger partial charge in [-0.15, -0.1) is 12.4 Å². The van der Waals surface area contributed by atoms with Gasteiger partial charge in [0.25, 0.3) is 0 Å². The lowest BCUT2D eigenvalue weighted by Crippen LogP contribution is -2.57. The zero-order valence-corrected chi connectivity index (χ0v) is 14.4. The van der Waals surface area contributed by atoms with Gasteiger partial charge < -0.3 is 10.0 Å². The van der Waals surface area contributed by atoms with Crippen molar-refractivity contribution in [1.29, 1.82) is 0 Å². The number of halogens is 2. The molecule has 2 atom stereocenters. The van der Waals surface area contributed by atoms with Crippen molar-refractivity contribution in [2.75, 3.05) is 20.6 Å². The smallest absolute Gasteiger partial charge is 0.123 e. The van der Waals surface area contributed by atoms with E-state index in [2.05, 4.69) is 19.0 Å². The maximum atomic E-state index is 13.9. The minimum absolute atomic E-state index is 0. The normalized spacial score (nSPS) is 30.4. The van der Waals surface area contributed by atoms with Crippen molar-refractivity contribution in [3.8, 4) is 0 Å². The van der Waals surface area contributed by atoms with Gasteiger partial charge in [0.05, 0.1) is 5.60 Å². The van der Waals surface area contributed by atoms with E-state index in [-0.39, 0.29) is 23.6 Å². The molecule has 0 radical (unpaired) electrons. The maximum Gasteiger partial charge on any atom is 0.123 e. The molecule has 0 spiro atoms. The molecule has 2 aliphatic carbocycles. The molecule has 0 heterocycles. The van der Waals surface area contributed by atoms with Crippen molar-refractivity contribution in [3.05, 3.63) is 35.1 Å². The Hall–Kier alpha value is -0.640. The van der Waals surface area contributed by atoms with Crippen LogP contribution in [0.25, 0.3) is 0 Å². The van der Waals surface area contributed by atoms with Crippen LogP contribution in [0.2, 0.25) is 0 Å². The molecular weight excluding hydrogens is 301 g/mol. The van der Waals surface area contributed by atoms with Gasteiger partial charge in [-0.1, -0.05) is 18.9 Å². The Bertz CT molecular complexity index is 536. The first-order chi connectivity index (χ1) is 9.97. The van der Waals surface area contributed by atoms with Gasteiger partial charge in [0.2, 0.25) is 0 Å². The van der Waals surface area contributed by atoms with E-state index in [0.717, 1.165) is 57.1 Å². The second-order valence-corrected chi connectivity index (χ2v) is 7.18. The van der Waals surface area contributed by atoms with Crippen LogP contribution in [0.5, 0.6) is 0 Å². The minimum atomic E-state index is -0.651. The fourth-order valence-electron chi connectivity index (χ4n) is 4.53. The fraction of sp³-hybridized carbons (Fsp3) is 0.667. The van der Waals surface area contributed by atoms with Crippen LogP contribution in [0.3, 0.4) is 0 Å². The lowest BCUT2D eigenvalue weighted by Gasteiger charge is -2.55. The number of rotatable bonds is 3. The van der Waals surface area contributed by atoms with E-state index in [9.17, 15) is 9.50 Å². The number of benzene rings is 1. The molecule has 1 aromatic carbocycles. The monoisotopic (exact) mass is 327 g/mol. The summed E-state index contributed by atoms with van der Waals surface area (Å²) in [6.07, 6.45) is 6.66. The predicted molar refractivity (Wildman–Crippen MR) is 90.2 cm³/mol. The van der Waals surface area contributed by atoms with E-state index >= 15 is 0 Å². The topological polar surface area (TPSA) is 23.5 Å². The van der Waals surface area contributed by atoms with E-state index in [1.807, 2.05) is 6.07 Å². The van der Waals surface area contributed by atoms with Crippen LogP contribution in [-0.4, -0.2) is 36.2 Å². The van der Waals surface area contributed by atoms with Gasteiger partial charge in [-0.25, -0.2) is 4.39 Å². The Morgan fingerprint density at radius 2 is 1.91 bits per heavy atom. The van der Waals surface area contributed by atoms with Gasteiger partial charge in [0, 0.05) is 5.41 Å². The Morgan fingerprint density at radius 3 is 2.64 bits per heavy atom. The van der Waals surface area contributed by atoms with Gasteiger partial charge in [0.15, 0.2) is 0 Å². The number of nitrogens with zero attached hydrogens (tertiary/aromatic N) is 1. The summed E-state index contributed by atoms with van der Waals surface area (Å²) in [5, 5.41) is 11.4. The second-order valence-electron chi connectivity index (χ2n) is 7.18. The fourth-order valence-corrected chi connectivity index (χ4v) is 4.53. The average molecular weight is 328 g/mol. The molecule has 4 heteroatoms. The standard InChI is InChI=1S/C18H26FNO.ClH/c1-20(2)12-11-17-8-3-4-9-18(17,21)10-7-14-5-6-15(19)13-16(14)17;/h5-6,13,21H,3-4,7-12H2,1-2H3;1H/t17-,18+;/m1./s1. The molecule has 3 rings (SSSR count). The van der Waals surface area contributed by atoms with Crippen LogP contribution >= 0.6 is 12.4 Å². The highest BCUT2D eigenvalue weighted by Gasteiger charge is 2.54. The summed E-state index contributed by atoms with van der Waals surface area (Å²) in [4.78, 5) is 2.16. The maximum absolute atomic E-state index is 13.9. The van der Waals surface area contributed by atoms with Crippen molar-refractivity contribution in [2.45, 2.75) is 56.0 Å². The lowest BCUT2D eigenvalue weighted by molar-refractivity contribution is -0.0888. The highest BCUT2D eigenvalue weighted by Crippen LogP contribution is 2.54. The second kappa shape index (κ2) is 6.46. The lowest BCUT2D eigenvalue weighted by atomic mass is 9.53. The Kier molecular flexibility index (Phi) is 5.20. The number of hydrogen-bond acceptors (Lipinski definition) is 2. The summed E-state index contributed by atoms with van der Waals surface area (Å²) in [5.74, 6) is -0.173. The third kappa shape index (κ3) is 2.79. The van der Waals surface area contributed by atoms with Gasteiger partial charge in [-0.05, 0) is 76.0 Å². The zero-order chi connectivity index (χ0) is 15.1. The minimum Gasteiger partial charge on any atom is -0.389 e. The van der Waals surface area contributed by atoms with Gasteiger partial charge in [-0.2, -0.15) is 0 Å². The summed E-state index contributed by atoms with van der Waals surface area (Å²) >= 11 is 0. The molecule has 0 amide bonds. The van der Waals surface area contributed by atoms with Gasteiger partial charge in [-0.3, -0.25) is 0 Å². The molecule has 0 unspecified atom stereocenters. The van der Waals surface area contributed by atoms with Gasteiger partial charge in [0.1, 0.15) is 5.82 Å². The molecule has 22 heavy (non-hydrogen) atoms. The van der Waals surface area contributed by atoms with Crippen LogP contribution in [0.15, 0.2) is 18.2 Å². The molecule has 0 aliphatic heterocycles. The van der Waals surface area contributed by atoms with E-state index in [1.54, 1.807) is 12.1 Å². The van der Waals surface area contributed by atoms with Crippen molar-refractivity contribution in [1.82, 2.24) is 4.90 Å². The number of aliphatic hydroxyl groups is 1. The molecule has 2 nitrogen and oxygen atoms in total. The first kappa shape index (κ1) is 17.7. The molecule has 1 fully saturated rings. The third-order valence-corrected chi connectivity index (χ3v) is 5.72. The van der Waals surface area contributed by atoms with E-state index in [1.165, 1.54) is 5.56 Å². The van der Waals surface area contributed by atoms with Crippen molar-refractivity contribution < 1.29 is 9.50 Å². The zero-order valence-electron chi connectivity index (χ0n) is 13.6. The third-order valence-electron chi connectivity index (χ3n) is 5.72. The van der Waals surface area contributed by atoms with Gasteiger partial charge >= 0.3 is 0 Å². The van der Waals surface area contributed by atoms with Crippen LogP contribution in [0, 0.1) is 5.82 Å². The number of fused-ring (bicyclic) bond motifs is 3. The van der Waals surface area contributed by atoms with Crippen molar-refractivity contribution >= 4 is 12.4 Å². The van der Waals surface area contributed by atoms with Crippen molar-refractivity contribution in [3.63, 3.8) is 0 Å². The molecule has 124 valence electrons. The first-order valence-electron chi connectivity index (χ1n) is 8.13. The summed E-state index contributed by atoms with van der Waals surface area (Å²) in [6.45, 7) is 0.929. The molecule has 2 aliphatic rings. The first-order valence-corrected chi connectivity index (χ1v) is 8.13. The molecule has 0 bridgehead atoms. The van der Waals surface area contributed by atoms with Crippen LogP contribution < -0.4 is 0 Å². The molecule has 1 N–H and O–H groups in total. The average Bonchev–Trinajstić information content (AvgIpc) is 2.45. The van der Waals surface area contributed by atoms with Crippen LogP contribution in [-0.2, 0) is 11.8 Å². The molecular formula is C18H27ClFNO. The predicted octanol–water partition coefficient (Wildman–Crippen LogP) is 3.69. The van der Waals surface area contributed by atoms with Crippen LogP contribution in [0.4, 0.5) is 4.39 Å². The Labute approximate surface area is 139 Å². The summed E-state index contributed by atoms with van der Waals surface area (Å²) < 4.78 is 13.9. The van der Waals surface area contributed by atoms with E-state index in [0.29, 0.717) is 0 Å². The Morgan fingerprint density at radius 1 is 1.18 bits per heavy atom. The highest BCUT2D eigenvalue weighted by atomic mass is 35.5. The van der Waals surface area contributed by atoms with E-state index in [4.69, 9.17) is 0 Å². The molecule has 1 aromatic rings. The number of hydrogen-bond donors (Lipinski definition) is 1. The summed E-state index contributed by atoms with van der Waals surface area (Å²) in [6, 6.07) is 5.18. The SMILES string of the molecule is CN(C)CC[C@@]12CCCC[C@]1(O)CCc1ccc(F)cc12.Cl. The molecule has 1 saturated carbocycles. The van der Waals surface area contributed by atoms with Crippen LogP contribution in [0.1, 0.15) is 49.7 Å². The quantitative estimate of drug-likeness (QED) is 0.915.